The van der Waals surface area contributed by atoms with E-state index in [0.29, 0.717) is 6.61 Å². The van der Waals surface area contributed by atoms with E-state index in [1.165, 1.54) is 11.5 Å². The molecule has 1 rings (SSSR count). The summed E-state index contributed by atoms with van der Waals surface area (Å²) < 4.78 is 10.1. The van der Waals surface area contributed by atoms with Crippen LogP contribution in [0.25, 0.3) is 0 Å². The van der Waals surface area contributed by atoms with Crippen LogP contribution >= 0.6 is 23.3 Å². The molecular formula is C13H23N3O2S2. The van der Waals surface area contributed by atoms with Crippen LogP contribution < -0.4 is 5.32 Å². The first kappa shape index (κ1) is 17.4. The zero-order valence-electron chi connectivity index (χ0n) is 12.3. The summed E-state index contributed by atoms with van der Waals surface area (Å²) in [5.74, 6) is 0.771. The van der Waals surface area contributed by atoms with Gasteiger partial charge in [0.2, 0.25) is 0 Å². The fourth-order valence-corrected chi connectivity index (χ4v) is 3.22. The van der Waals surface area contributed by atoms with Gasteiger partial charge in [-0.2, -0.15) is 4.37 Å². The molecule has 1 unspecified atom stereocenters. The van der Waals surface area contributed by atoms with E-state index in [9.17, 15) is 4.79 Å². The van der Waals surface area contributed by atoms with Crippen LogP contribution in [0, 0.1) is 0 Å². The van der Waals surface area contributed by atoms with E-state index in [1.807, 2.05) is 13.8 Å². The SMILES string of the molecule is CCCNC(C)(CCCSc1ncns1)C(=O)OCC. The fraction of sp³-hybridized carbons (Fsp3) is 0.769. The van der Waals surface area contributed by atoms with Crippen molar-refractivity contribution >= 4 is 29.3 Å². The van der Waals surface area contributed by atoms with Gasteiger partial charge in [0.1, 0.15) is 11.9 Å². The molecule has 0 aliphatic rings. The molecule has 1 aromatic heterocycles. The maximum absolute atomic E-state index is 12.1. The van der Waals surface area contributed by atoms with Crippen molar-refractivity contribution in [3.8, 4) is 0 Å². The first-order valence-electron chi connectivity index (χ1n) is 6.94. The second-order valence-corrected chi connectivity index (χ2v) is 6.76. The van der Waals surface area contributed by atoms with Gasteiger partial charge in [0.25, 0.3) is 0 Å². The normalized spacial score (nSPS) is 13.9. The lowest BCUT2D eigenvalue weighted by atomic mass is 9.96. The Morgan fingerprint density at radius 3 is 2.95 bits per heavy atom. The van der Waals surface area contributed by atoms with Crippen molar-refractivity contribution < 1.29 is 9.53 Å². The fourth-order valence-electron chi connectivity index (χ4n) is 1.77. The number of carbonyl (C=O) groups is 1. The highest BCUT2D eigenvalue weighted by molar-refractivity contribution is 8.00. The zero-order valence-corrected chi connectivity index (χ0v) is 14.0. The second kappa shape index (κ2) is 9.31. The number of rotatable bonds is 10. The van der Waals surface area contributed by atoms with Crippen LogP contribution in [0.15, 0.2) is 10.7 Å². The molecule has 0 radical (unpaired) electrons. The van der Waals surface area contributed by atoms with Crippen LogP contribution in [0.5, 0.6) is 0 Å². The predicted molar refractivity (Wildman–Crippen MR) is 83.2 cm³/mol. The maximum Gasteiger partial charge on any atom is 0.326 e. The highest BCUT2D eigenvalue weighted by Gasteiger charge is 2.33. The van der Waals surface area contributed by atoms with Crippen molar-refractivity contribution in [1.82, 2.24) is 14.7 Å². The number of nitrogens with zero attached hydrogens (tertiary/aromatic N) is 2. The highest BCUT2D eigenvalue weighted by atomic mass is 32.2. The summed E-state index contributed by atoms with van der Waals surface area (Å²) in [5, 5.41) is 3.31. The van der Waals surface area contributed by atoms with Crippen LogP contribution in [-0.4, -0.2) is 39.8 Å². The minimum atomic E-state index is -0.590. The molecule has 5 nitrogen and oxygen atoms in total. The minimum Gasteiger partial charge on any atom is -0.465 e. The molecule has 0 aliphatic heterocycles. The third-order valence-electron chi connectivity index (χ3n) is 2.88. The smallest absolute Gasteiger partial charge is 0.326 e. The van der Waals surface area contributed by atoms with Crippen molar-refractivity contribution in [3.05, 3.63) is 6.33 Å². The number of ether oxygens (including phenoxy) is 1. The maximum atomic E-state index is 12.1. The van der Waals surface area contributed by atoms with Gasteiger partial charge in [-0.25, -0.2) is 4.98 Å². The van der Waals surface area contributed by atoms with E-state index in [4.69, 9.17) is 4.74 Å². The average molecular weight is 317 g/mol. The Morgan fingerprint density at radius 2 is 2.35 bits per heavy atom. The molecule has 1 aromatic rings. The average Bonchev–Trinajstić information content (AvgIpc) is 2.95. The summed E-state index contributed by atoms with van der Waals surface area (Å²) >= 11 is 3.09. The number of aromatic nitrogens is 2. The predicted octanol–water partition coefficient (Wildman–Crippen LogP) is 2.73. The van der Waals surface area contributed by atoms with Crippen LogP contribution in [0.3, 0.4) is 0 Å². The van der Waals surface area contributed by atoms with Crippen molar-refractivity contribution in [2.24, 2.45) is 0 Å². The molecule has 0 amide bonds. The van der Waals surface area contributed by atoms with E-state index in [-0.39, 0.29) is 5.97 Å². The topological polar surface area (TPSA) is 64.1 Å². The van der Waals surface area contributed by atoms with E-state index in [1.54, 1.807) is 18.1 Å². The van der Waals surface area contributed by atoms with Gasteiger partial charge >= 0.3 is 5.97 Å². The summed E-state index contributed by atoms with van der Waals surface area (Å²) in [6, 6.07) is 0. The van der Waals surface area contributed by atoms with Gasteiger partial charge in [-0.05, 0) is 51.2 Å². The van der Waals surface area contributed by atoms with E-state index in [2.05, 4.69) is 21.6 Å². The number of hydrogen-bond donors (Lipinski definition) is 1. The summed E-state index contributed by atoms with van der Waals surface area (Å²) in [5.41, 5.74) is -0.590. The van der Waals surface area contributed by atoms with Gasteiger partial charge in [0, 0.05) is 5.75 Å². The minimum absolute atomic E-state index is 0.158. The Balaban J connectivity index is 2.40. The van der Waals surface area contributed by atoms with Gasteiger partial charge in [-0.15, -0.1) is 0 Å². The molecule has 0 saturated carbocycles. The second-order valence-electron chi connectivity index (χ2n) is 4.64. The Labute approximate surface area is 129 Å². The number of thioether (sulfide) groups is 1. The van der Waals surface area contributed by atoms with Gasteiger partial charge < -0.3 is 10.1 Å². The number of hydrogen-bond acceptors (Lipinski definition) is 7. The Morgan fingerprint density at radius 1 is 1.55 bits per heavy atom. The first-order valence-corrected chi connectivity index (χ1v) is 8.70. The molecule has 7 heteroatoms. The van der Waals surface area contributed by atoms with Gasteiger partial charge in [-0.1, -0.05) is 18.7 Å². The van der Waals surface area contributed by atoms with Crippen LogP contribution in [0.4, 0.5) is 0 Å². The molecule has 1 heterocycles. The van der Waals surface area contributed by atoms with E-state index < -0.39 is 5.54 Å². The Kier molecular flexibility index (Phi) is 8.09. The van der Waals surface area contributed by atoms with Crippen LogP contribution in [-0.2, 0) is 9.53 Å². The Bertz CT molecular complexity index is 387. The van der Waals surface area contributed by atoms with Crippen molar-refractivity contribution in [3.63, 3.8) is 0 Å². The molecule has 0 aliphatic carbocycles. The molecule has 20 heavy (non-hydrogen) atoms. The lowest BCUT2D eigenvalue weighted by Crippen LogP contribution is -2.50. The van der Waals surface area contributed by atoms with Crippen LogP contribution in [0.1, 0.15) is 40.0 Å². The van der Waals surface area contributed by atoms with Crippen molar-refractivity contribution in [1.29, 1.82) is 0 Å². The zero-order chi connectivity index (χ0) is 14.8. The van der Waals surface area contributed by atoms with Gasteiger partial charge in [-0.3, -0.25) is 4.79 Å². The third kappa shape index (κ3) is 5.76. The number of nitrogens with one attached hydrogen (secondary N) is 1. The monoisotopic (exact) mass is 317 g/mol. The highest BCUT2D eigenvalue weighted by Crippen LogP contribution is 2.22. The molecular weight excluding hydrogens is 294 g/mol. The van der Waals surface area contributed by atoms with Crippen molar-refractivity contribution in [2.45, 2.75) is 49.9 Å². The van der Waals surface area contributed by atoms with Crippen molar-refractivity contribution in [2.75, 3.05) is 18.9 Å². The standard InChI is InChI=1S/C13H23N3O2S2/c1-4-8-15-13(3,11(17)18-5-2)7-6-9-19-12-14-10-16-20-12/h10,15H,4-9H2,1-3H3. The number of esters is 1. The molecule has 0 bridgehead atoms. The molecule has 114 valence electrons. The lowest BCUT2D eigenvalue weighted by Gasteiger charge is -2.28. The van der Waals surface area contributed by atoms with Crippen LogP contribution in [0.2, 0.25) is 0 Å². The first-order chi connectivity index (χ1) is 9.62. The molecule has 1 N–H and O–H groups in total. The molecule has 0 aromatic carbocycles. The third-order valence-corrected chi connectivity index (χ3v) is 4.76. The van der Waals surface area contributed by atoms with E-state index in [0.717, 1.165) is 35.9 Å². The molecule has 0 saturated heterocycles. The molecule has 0 fully saturated rings. The summed E-state index contributed by atoms with van der Waals surface area (Å²) in [6.45, 7) is 7.09. The number of carbonyl (C=O) groups excluding carboxylic acids is 1. The van der Waals surface area contributed by atoms with Gasteiger partial charge in [0.05, 0.1) is 6.61 Å². The summed E-state index contributed by atoms with van der Waals surface area (Å²) in [7, 11) is 0. The molecule has 0 spiro atoms. The summed E-state index contributed by atoms with van der Waals surface area (Å²) in [4.78, 5) is 16.2. The largest absolute Gasteiger partial charge is 0.465 e. The van der Waals surface area contributed by atoms with Gasteiger partial charge in [0.15, 0.2) is 4.34 Å². The quantitative estimate of drug-likeness (QED) is 0.407. The lowest BCUT2D eigenvalue weighted by molar-refractivity contribution is -0.150. The Hall–Kier alpha value is -0.660. The van der Waals surface area contributed by atoms with E-state index >= 15 is 0 Å². The summed E-state index contributed by atoms with van der Waals surface area (Å²) in [6.07, 6.45) is 4.25. The molecule has 1 atom stereocenters.